The summed E-state index contributed by atoms with van der Waals surface area (Å²) < 4.78 is 0. The van der Waals surface area contributed by atoms with Gasteiger partial charge < -0.3 is 16.4 Å². The third-order valence-corrected chi connectivity index (χ3v) is 5.25. The van der Waals surface area contributed by atoms with Gasteiger partial charge in [0, 0.05) is 16.5 Å². The van der Waals surface area contributed by atoms with Gasteiger partial charge in [-0.15, -0.1) is 11.8 Å². The van der Waals surface area contributed by atoms with Crippen molar-refractivity contribution < 1.29 is 9.59 Å². The summed E-state index contributed by atoms with van der Waals surface area (Å²) in [7, 11) is 0. The van der Waals surface area contributed by atoms with Crippen LogP contribution in [0.15, 0.2) is 23.1 Å². The molecule has 112 valence electrons. The Labute approximate surface area is 128 Å². The van der Waals surface area contributed by atoms with Crippen LogP contribution < -0.4 is 16.4 Å². The van der Waals surface area contributed by atoms with E-state index in [4.69, 9.17) is 5.73 Å². The molecule has 1 heterocycles. The normalized spacial score (nSPS) is 24.3. The molecular weight excluding hydrogens is 286 g/mol. The Kier molecular flexibility index (Phi) is 4.17. The summed E-state index contributed by atoms with van der Waals surface area (Å²) in [5, 5.41) is 5.79. The Morgan fingerprint density at radius 3 is 3.10 bits per heavy atom. The standard InChI is InChI=1S/C15H19N3O2S/c16-7-9-2-1-3-11(9)15(20)17-10-4-5-13-12(6-10)18-14(19)8-21-13/h4-6,9,11H,1-3,7-8,16H2,(H,17,20)(H,18,19). The molecule has 1 aromatic rings. The summed E-state index contributed by atoms with van der Waals surface area (Å²) in [6.07, 6.45) is 3.01. The number of thioether (sulfide) groups is 1. The molecular formula is C15H19N3O2S. The van der Waals surface area contributed by atoms with Gasteiger partial charge in [0.2, 0.25) is 11.8 Å². The molecule has 5 nitrogen and oxygen atoms in total. The number of fused-ring (bicyclic) bond motifs is 1. The van der Waals surface area contributed by atoms with Gasteiger partial charge in [0.25, 0.3) is 0 Å². The number of amides is 2. The molecule has 4 N–H and O–H groups in total. The molecule has 2 unspecified atom stereocenters. The van der Waals surface area contributed by atoms with Crippen LogP contribution in [0.4, 0.5) is 11.4 Å². The van der Waals surface area contributed by atoms with E-state index in [2.05, 4.69) is 10.6 Å². The quantitative estimate of drug-likeness (QED) is 0.798. The molecule has 0 bridgehead atoms. The SMILES string of the molecule is NCC1CCCC1C(=O)Nc1ccc2c(c1)NC(=O)CS2. The number of carbonyl (C=O) groups is 2. The number of nitrogens with two attached hydrogens (primary N) is 1. The number of hydrogen-bond acceptors (Lipinski definition) is 4. The Balaban J connectivity index is 1.72. The first-order valence-electron chi connectivity index (χ1n) is 7.25. The second-order valence-electron chi connectivity index (χ2n) is 5.57. The monoisotopic (exact) mass is 305 g/mol. The summed E-state index contributed by atoms with van der Waals surface area (Å²) in [4.78, 5) is 24.8. The minimum absolute atomic E-state index is 0.00466. The summed E-state index contributed by atoms with van der Waals surface area (Å²) in [5.41, 5.74) is 7.23. The van der Waals surface area contributed by atoms with Gasteiger partial charge in [-0.1, -0.05) is 6.42 Å². The maximum Gasteiger partial charge on any atom is 0.234 e. The van der Waals surface area contributed by atoms with Gasteiger partial charge in [-0.3, -0.25) is 9.59 Å². The fourth-order valence-corrected chi connectivity index (χ4v) is 3.85. The zero-order chi connectivity index (χ0) is 14.8. The third kappa shape index (κ3) is 3.06. The lowest BCUT2D eigenvalue weighted by Crippen LogP contribution is -2.29. The largest absolute Gasteiger partial charge is 0.330 e. The van der Waals surface area contributed by atoms with Crippen LogP contribution in [0.1, 0.15) is 19.3 Å². The molecule has 1 aromatic carbocycles. The van der Waals surface area contributed by atoms with E-state index in [1.807, 2.05) is 18.2 Å². The van der Waals surface area contributed by atoms with Gasteiger partial charge in [0.1, 0.15) is 0 Å². The number of nitrogens with one attached hydrogen (secondary N) is 2. The van der Waals surface area contributed by atoms with Crippen molar-refractivity contribution in [2.24, 2.45) is 17.6 Å². The van der Waals surface area contributed by atoms with Crippen molar-refractivity contribution in [3.63, 3.8) is 0 Å². The van der Waals surface area contributed by atoms with Crippen LogP contribution in [-0.4, -0.2) is 24.1 Å². The van der Waals surface area contributed by atoms with Crippen molar-refractivity contribution >= 4 is 35.0 Å². The van der Waals surface area contributed by atoms with Crippen molar-refractivity contribution in [1.29, 1.82) is 0 Å². The number of carbonyl (C=O) groups excluding carboxylic acids is 2. The highest BCUT2D eigenvalue weighted by atomic mass is 32.2. The van der Waals surface area contributed by atoms with E-state index in [0.29, 0.717) is 12.3 Å². The van der Waals surface area contributed by atoms with Crippen LogP contribution in [0.5, 0.6) is 0 Å². The van der Waals surface area contributed by atoms with Crippen LogP contribution in [0.3, 0.4) is 0 Å². The highest BCUT2D eigenvalue weighted by Gasteiger charge is 2.32. The van der Waals surface area contributed by atoms with E-state index >= 15 is 0 Å². The first-order chi connectivity index (χ1) is 10.2. The van der Waals surface area contributed by atoms with Crippen LogP contribution in [-0.2, 0) is 9.59 Å². The van der Waals surface area contributed by atoms with E-state index < -0.39 is 0 Å². The summed E-state index contributed by atoms with van der Waals surface area (Å²) in [5.74, 6) is 0.777. The maximum absolute atomic E-state index is 12.4. The zero-order valence-electron chi connectivity index (χ0n) is 11.7. The number of hydrogen-bond donors (Lipinski definition) is 3. The van der Waals surface area contributed by atoms with Gasteiger partial charge in [0.05, 0.1) is 11.4 Å². The second-order valence-corrected chi connectivity index (χ2v) is 6.59. The Bertz CT molecular complexity index is 576. The predicted octanol–water partition coefficient (Wildman–Crippen LogP) is 2.04. The smallest absolute Gasteiger partial charge is 0.234 e. The van der Waals surface area contributed by atoms with Crippen LogP contribution in [0.2, 0.25) is 0 Å². The molecule has 1 aliphatic heterocycles. The Morgan fingerprint density at radius 2 is 2.29 bits per heavy atom. The highest BCUT2D eigenvalue weighted by Crippen LogP contribution is 2.35. The lowest BCUT2D eigenvalue weighted by molar-refractivity contribution is -0.120. The van der Waals surface area contributed by atoms with Crippen LogP contribution in [0.25, 0.3) is 0 Å². The van der Waals surface area contributed by atoms with E-state index in [1.165, 1.54) is 11.8 Å². The zero-order valence-corrected chi connectivity index (χ0v) is 12.5. The molecule has 6 heteroatoms. The van der Waals surface area contributed by atoms with E-state index in [9.17, 15) is 9.59 Å². The van der Waals surface area contributed by atoms with Gasteiger partial charge in [-0.05, 0) is 43.5 Å². The summed E-state index contributed by atoms with van der Waals surface area (Å²) in [6, 6.07) is 5.64. The average molecular weight is 305 g/mol. The first kappa shape index (κ1) is 14.4. The number of benzene rings is 1. The third-order valence-electron chi connectivity index (χ3n) is 4.18. The van der Waals surface area contributed by atoms with Crippen molar-refractivity contribution in [2.75, 3.05) is 22.9 Å². The fraction of sp³-hybridized carbons (Fsp3) is 0.467. The van der Waals surface area contributed by atoms with E-state index in [-0.39, 0.29) is 23.7 Å². The van der Waals surface area contributed by atoms with E-state index in [1.54, 1.807) is 0 Å². The molecule has 0 saturated heterocycles. The first-order valence-corrected chi connectivity index (χ1v) is 8.23. The van der Waals surface area contributed by atoms with Gasteiger partial charge in [-0.25, -0.2) is 0 Å². The van der Waals surface area contributed by atoms with Crippen molar-refractivity contribution in [3.05, 3.63) is 18.2 Å². The lowest BCUT2D eigenvalue weighted by Gasteiger charge is -2.20. The topological polar surface area (TPSA) is 84.2 Å². The van der Waals surface area contributed by atoms with Gasteiger partial charge in [0.15, 0.2) is 0 Å². The molecule has 1 aliphatic carbocycles. The molecule has 2 atom stereocenters. The average Bonchev–Trinajstić information content (AvgIpc) is 2.95. The van der Waals surface area contributed by atoms with Crippen LogP contribution >= 0.6 is 11.8 Å². The van der Waals surface area contributed by atoms with E-state index in [0.717, 1.165) is 35.5 Å². The minimum atomic E-state index is -0.00466. The molecule has 0 radical (unpaired) electrons. The molecule has 0 aromatic heterocycles. The maximum atomic E-state index is 12.4. The number of anilines is 2. The molecule has 3 rings (SSSR count). The highest BCUT2D eigenvalue weighted by molar-refractivity contribution is 8.00. The van der Waals surface area contributed by atoms with Crippen LogP contribution in [0, 0.1) is 11.8 Å². The molecule has 2 aliphatic rings. The lowest BCUT2D eigenvalue weighted by atomic mass is 9.95. The van der Waals surface area contributed by atoms with Crippen molar-refractivity contribution in [2.45, 2.75) is 24.2 Å². The molecule has 0 spiro atoms. The molecule has 1 fully saturated rings. The summed E-state index contributed by atoms with van der Waals surface area (Å²) in [6.45, 7) is 0.564. The summed E-state index contributed by atoms with van der Waals surface area (Å²) >= 11 is 1.51. The van der Waals surface area contributed by atoms with Gasteiger partial charge >= 0.3 is 0 Å². The van der Waals surface area contributed by atoms with Crippen molar-refractivity contribution in [3.8, 4) is 0 Å². The predicted molar refractivity (Wildman–Crippen MR) is 84.3 cm³/mol. The minimum Gasteiger partial charge on any atom is -0.330 e. The Hall–Kier alpha value is -1.53. The number of rotatable bonds is 3. The molecule has 21 heavy (non-hydrogen) atoms. The Morgan fingerprint density at radius 1 is 1.43 bits per heavy atom. The molecule has 1 saturated carbocycles. The fourth-order valence-electron chi connectivity index (χ4n) is 3.06. The van der Waals surface area contributed by atoms with Gasteiger partial charge in [-0.2, -0.15) is 0 Å². The second kappa shape index (κ2) is 6.07. The molecule has 2 amide bonds. The van der Waals surface area contributed by atoms with Crippen molar-refractivity contribution in [1.82, 2.24) is 0 Å².